The van der Waals surface area contributed by atoms with Crippen molar-refractivity contribution in [2.45, 2.75) is 13.2 Å². The summed E-state index contributed by atoms with van der Waals surface area (Å²) in [5.74, 6) is 1.42. The van der Waals surface area contributed by atoms with E-state index in [2.05, 4.69) is 10.4 Å². The summed E-state index contributed by atoms with van der Waals surface area (Å²) >= 11 is 13.6. The van der Waals surface area contributed by atoms with E-state index in [4.69, 9.17) is 37.4 Å². The van der Waals surface area contributed by atoms with Gasteiger partial charge in [0.15, 0.2) is 17.3 Å². The molecule has 0 aliphatic carbocycles. The Morgan fingerprint density at radius 1 is 1.15 bits per heavy atom. The zero-order chi connectivity index (χ0) is 23.7. The molecule has 0 unspecified atom stereocenters. The van der Waals surface area contributed by atoms with Gasteiger partial charge in [0.2, 0.25) is 6.79 Å². The van der Waals surface area contributed by atoms with E-state index in [9.17, 15) is 9.18 Å². The van der Waals surface area contributed by atoms with Crippen LogP contribution in [0.15, 0.2) is 54.0 Å². The number of hydrogen-bond donors (Lipinski definition) is 1. The molecule has 1 amide bonds. The first-order valence-corrected chi connectivity index (χ1v) is 11.7. The zero-order valence-electron chi connectivity index (χ0n) is 17.4. The summed E-state index contributed by atoms with van der Waals surface area (Å²) in [5, 5.41) is 9.42. The van der Waals surface area contributed by atoms with Crippen molar-refractivity contribution in [1.29, 1.82) is 0 Å². The van der Waals surface area contributed by atoms with Crippen LogP contribution in [0.1, 0.15) is 20.8 Å². The fourth-order valence-electron chi connectivity index (χ4n) is 3.26. The van der Waals surface area contributed by atoms with Crippen molar-refractivity contribution in [3.8, 4) is 17.2 Å². The predicted molar refractivity (Wildman–Crippen MR) is 127 cm³/mol. The van der Waals surface area contributed by atoms with E-state index in [0.29, 0.717) is 27.7 Å². The number of aromatic nitrogens is 2. The number of benzene rings is 2. The first kappa shape index (κ1) is 22.5. The number of halogens is 3. The lowest BCUT2D eigenvalue weighted by Crippen LogP contribution is -2.12. The van der Waals surface area contributed by atoms with Crippen LogP contribution < -0.4 is 19.5 Å². The molecule has 0 saturated heterocycles. The Morgan fingerprint density at radius 3 is 2.85 bits per heavy atom. The highest BCUT2D eigenvalue weighted by Gasteiger charge is 2.16. The van der Waals surface area contributed by atoms with Crippen molar-refractivity contribution >= 4 is 46.3 Å². The molecular weight excluding hydrogens is 504 g/mol. The average Bonchev–Trinajstić information content (AvgIpc) is 3.54. The lowest BCUT2D eigenvalue weighted by atomic mass is 10.2. The van der Waals surface area contributed by atoms with Gasteiger partial charge >= 0.3 is 0 Å². The third-order valence-electron chi connectivity index (χ3n) is 4.92. The van der Waals surface area contributed by atoms with Crippen LogP contribution in [0.2, 0.25) is 10.0 Å². The van der Waals surface area contributed by atoms with Gasteiger partial charge in [-0.2, -0.15) is 5.10 Å². The first-order chi connectivity index (χ1) is 16.4. The number of thiophene rings is 1. The quantitative estimate of drug-likeness (QED) is 0.324. The number of carbonyl (C=O) groups is 1. The van der Waals surface area contributed by atoms with E-state index >= 15 is 0 Å². The number of hydrogen-bond acceptors (Lipinski definition) is 6. The Labute approximate surface area is 207 Å². The fourth-order valence-corrected chi connectivity index (χ4v) is 4.48. The highest BCUT2D eigenvalue weighted by Crippen LogP contribution is 2.35. The number of amides is 1. The third-order valence-corrected chi connectivity index (χ3v) is 6.53. The maximum Gasteiger partial charge on any atom is 0.266 e. The smallest absolute Gasteiger partial charge is 0.266 e. The van der Waals surface area contributed by atoms with Crippen molar-refractivity contribution < 1.29 is 23.4 Å². The minimum atomic E-state index is -0.420. The number of fused-ring (bicyclic) bond motifs is 1. The summed E-state index contributed by atoms with van der Waals surface area (Å²) in [6, 6.07) is 11.2. The molecule has 5 rings (SSSR count). The Hall–Kier alpha value is -3.27. The third kappa shape index (κ3) is 4.96. The highest BCUT2D eigenvalue weighted by molar-refractivity contribution is 7.12. The van der Waals surface area contributed by atoms with Gasteiger partial charge in [0.05, 0.1) is 11.4 Å². The molecule has 0 spiro atoms. The van der Waals surface area contributed by atoms with Crippen molar-refractivity contribution in [2.24, 2.45) is 0 Å². The minimum Gasteiger partial charge on any atom is -0.489 e. The Kier molecular flexibility index (Phi) is 6.32. The maximum atomic E-state index is 13.3. The molecule has 174 valence electrons. The zero-order valence-corrected chi connectivity index (χ0v) is 19.7. The van der Waals surface area contributed by atoms with E-state index in [1.165, 1.54) is 28.2 Å². The van der Waals surface area contributed by atoms with Crippen molar-refractivity contribution in [3.63, 3.8) is 0 Å². The summed E-state index contributed by atoms with van der Waals surface area (Å²) in [4.78, 5) is 13.2. The van der Waals surface area contributed by atoms with E-state index in [-0.39, 0.29) is 41.7 Å². The van der Waals surface area contributed by atoms with E-state index in [1.54, 1.807) is 36.5 Å². The van der Waals surface area contributed by atoms with Gasteiger partial charge in [-0.15, -0.1) is 11.3 Å². The number of ether oxygens (including phenoxy) is 3. The lowest BCUT2D eigenvalue weighted by Gasteiger charge is -2.05. The first-order valence-electron chi connectivity index (χ1n) is 10.0. The minimum absolute atomic E-state index is 0.198. The molecule has 4 aromatic rings. The highest BCUT2D eigenvalue weighted by atomic mass is 35.5. The van der Waals surface area contributed by atoms with E-state index < -0.39 is 5.82 Å². The topological polar surface area (TPSA) is 74.6 Å². The van der Waals surface area contributed by atoms with Crippen LogP contribution in [0.3, 0.4) is 0 Å². The van der Waals surface area contributed by atoms with Crippen molar-refractivity contribution in [2.75, 3.05) is 12.1 Å². The summed E-state index contributed by atoms with van der Waals surface area (Å²) < 4.78 is 31.2. The van der Waals surface area contributed by atoms with Gasteiger partial charge in [-0.3, -0.25) is 9.48 Å². The van der Waals surface area contributed by atoms with E-state index in [0.717, 1.165) is 5.56 Å². The second-order valence-electron chi connectivity index (χ2n) is 7.34. The normalized spacial score (nSPS) is 12.1. The van der Waals surface area contributed by atoms with Crippen LogP contribution >= 0.6 is 34.5 Å². The molecule has 1 aliphatic heterocycles. The van der Waals surface area contributed by atoms with Gasteiger partial charge < -0.3 is 19.5 Å². The van der Waals surface area contributed by atoms with Crippen LogP contribution in [0, 0.1) is 5.82 Å². The van der Waals surface area contributed by atoms with Crippen LogP contribution in [0.5, 0.6) is 17.2 Å². The SMILES string of the molecule is O=C(Nc1nn(Cc2ccc(F)cc2Cl)cc1Cl)c1cc(COc2ccc3c(c2)OCO3)cs1. The molecule has 11 heteroatoms. The monoisotopic (exact) mass is 519 g/mol. The number of nitrogens with one attached hydrogen (secondary N) is 1. The Morgan fingerprint density at radius 2 is 2.00 bits per heavy atom. The molecule has 2 aromatic carbocycles. The number of carbonyl (C=O) groups excluding carboxylic acids is 1. The van der Waals surface area contributed by atoms with Crippen LogP contribution in [-0.4, -0.2) is 22.5 Å². The van der Waals surface area contributed by atoms with Gasteiger partial charge in [0.25, 0.3) is 5.91 Å². The van der Waals surface area contributed by atoms with E-state index in [1.807, 2.05) is 5.38 Å². The average molecular weight is 520 g/mol. The van der Waals surface area contributed by atoms with Crippen molar-refractivity contribution in [3.05, 3.63) is 85.9 Å². The van der Waals surface area contributed by atoms with Gasteiger partial charge in [-0.1, -0.05) is 29.3 Å². The lowest BCUT2D eigenvalue weighted by molar-refractivity contribution is 0.103. The molecule has 0 atom stereocenters. The molecule has 7 nitrogen and oxygen atoms in total. The molecule has 1 N–H and O–H groups in total. The summed E-state index contributed by atoms with van der Waals surface area (Å²) in [7, 11) is 0. The molecule has 0 fully saturated rings. The van der Waals surface area contributed by atoms with Gasteiger partial charge in [-0.05, 0) is 41.3 Å². The summed E-state index contributed by atoms with van der Waals surface area (Å²) in [6.07, 6.45) is 1.57. The molecule has 0 saturated carbocycles. The summed E-state index contributed by atoms with van der Waals surface area (Å²) in [5.41, 5.74) is 1.51. The maximum absolute atomic E-state index is 13.3. The standard InChI is InChI=1S/C23H16Cl2FN3O4S/c24-17-6-15(26)2-1-14(17)8-29-9-18(25)22(28-29)27-23(30)21-5-13(11-34-21)10-31-16-3-4-19-20(7-16)33-12-32-19/h1-7,9,11H,8,10,12H2,(H,27,28,30). The predicted octanol–water partition coefficient (Wildman–Crippen LogP) is 6.00. The molecule has 0 radical (unpaired) electrons. The second-order valence-corrected chi connectivity index (χ2v) is 9.06. The van der Waals surface area contributed by atoms with Crippen LogP contribution in [0.4, 0.5) is 10.2 Å². The fraction of sp³-hybridized carbons (Fsp3) is 0.130. The Balaban J connectivity index is 1.20. The van der Waals surface area contributed by atoms with Gasteiger partial charge in [0.1, 0.15) is 23.2 Å². The van der Waals surface area contributed by atoms with Gasteiger partial charge in [-0.25, -0.2) is 4.39 Å². The molecule has 0 bridgehead atoms. The molecular formula is C23H16Cl2FN3O4S. The summed E-state index contributed by atoms with van der Waals surface area (Å²) in [6.45, 7) is 0.760. The Bertz CT molecular complexity index is 1370. The van der Waals surface area contributed by atoms with Crippen LogP contribution in [0.25, 0.3) is 0 Å². The number of nitrogens with zero attached hydrogens (tertiary/aromatic N) is 2. The van der Waals surface area contributed by atoms with Gasteiger partial charge in [0, 0.05) is 22.8 Å². The molecule has 1 aliphatic rings. The number of rotatable bonds is 7. The molecule has 3 heterocycles. The molecule has 34 heavy (non-hydrogen) atoms. The van der Waals surface area contributed by atoms with Crippen molar-refractivity contribution in [1.82, 2.24) is 9.78 Å². The number of anilines is 1. The largest absolute Gasteiger partial charge is 0.489 e. The van der Waals surface area contributed by atoms with Crippen LogP contribution in [-0.2, 0) is 13.2 Å². The molecule has 2 aromatic heterocycles. The second kappa shape index (κ2) is 9.54.